The molecule has 1 aromatic heterocycles. The third-order valence-electron chi connectivity index (χ3n) is 3.31. The molecule has 0 fully saturated rings. The second-order valence-corrected chi connectivity index (χ2v) is 7.58. The Labute approximate surface area is 120 Å². The molecule has 0 unspecified atom stereocenters. The number of hydrogen-bond donors (Lipinski definition) is 1. The quantitative estimate of drug-likeness (QED) is 0.944. The van der Waals surface area contributed by atoms with Gasteiger partial charge in [0.05, 0.1) is 5.69 Å². The Hall–Kier alpha value is -1.44. The molecule has 0 spiro atoms. The highest BCUT2D eigenvalue weighted by atomic mass is 32.2. The van der Waals surface area contributed by atoms with Gasteiger partial charge < -0.3 is 5.73 Å². The normalized spacial score (nSPS) is 14.6. The van der Waals surface area contributed by atoms with Crippen LogP contribution >= 0.6 is 11.3 Å². The van der Waals surface area contributed by atoms with Crippen LogP contribution in [0.1, 0.15) is 11.1 Å². The van der Waals surface area contributed by atoms with Crippen LogP contribution < -0.4 is 10.0 Å². The summed E-state index contributed by atoms with van der Waals surface area (Å²) in [5.74, 6) is -0.431. The molecule has 0 radical (unpaired) electrons. The fourth-order valence-corrected chi connectivity index (χ4v) is 5.11. The van der Waals surface area contributed by atoms with Crippen molar-refractivity contribution in [3.05, 3.63) is 46.6 Å². The third-order valence-corrected chi connectivity index (χ3v) is 6.59. The highest BCUT2D eigenvalue weighted by Crippen LogP contribution is 2.35. The van der Waals surface area contributed by atoms with Crippen LogP contribution in [0.25, 0.3) is 0 Å². The number of thiophene rings is 1. The Kier molecular flexibility index (Phi) is 3.27. The van der Waals surface area contributed by atoms with Crippen LogP contribution in [-0.2, 0) is 23.0 Å². The minimum atomic E-state index is -3.63. The number of rotatable bonds is 3. The summed E-state index contributed by atoms with van der Waals surface area (Å²) >= 11 is 1.14. The largest absolute Gasteiger partial charge is 0.326 e. The molecular weight excluding hydrogens is 299 g/mol. The minimum Gasteiger partial charge on any atom is -0.326 e. The summed E-state index contributed by atoms with van der Waals surface area (Å²) in [5.41, 5.74) is 7.58. The highest BCUT2D eigenvalue weighted by Gasteiger charge is 2.32. The summed E-state index contributed by atoms with van der Waals surface area (Å²) in [7, 11) is -3.63. The van der Waals surface area contributed by atoms with Crippen LogP contribution in [0.3, 0.4) is 0 Å². The maximum Gasteiger partial charge on any atom is 0.273 e. The maximum absolute atomic E-state index is 13.3. The molecule has 7 heteroatoms. The number of sulfonamides is 1. The number of anilines is 1. The monoisotopic (exact) mass is 312 g/mol. The first-order valence-electron chi connectivity index (χ1n) is 6.11. The van der Waals surface area contributed by atoms with Crippen molar-refractivity contribution in [3.63, 3.8) is 0 Å². The predicted octanol–water partition coefficient (Wildman–Crippen LogP) is 2.10. The van der Waals surface area contributed by atoms with Crippen LogP contribution in [0.5, 0.6) is 0 Å². The summed E-state index contributed by atoms with van der Waals surface area (Å²) in [6, 6.07) is 5.85. The van der Waals surface area contributed by atoms with E-state index in [1.54, 1.807) is 17.5 Å². The number of halogens is 1. The van der Waals surface area contributed by atoms with E-state index in [4.69, 9.17) is 5.73 Å². The van der Waals surface area contributed by atoms with Gasteiger partial charge in [0.25, 0.3) is 10.0 Å². The molecule has 1 aliphatic heterocycles. The van der Waals surface area contributed by atoms with Crippen LogP contribution in [0.2, 0.25) is 0 Å². The van der Waals surface area contributed by atoms with Crippen molar-refractivity contribution in [1.82, 2.24) is 0 Å². The van der Waals surface area contributed by atoms with Crippen molar-refractivity contribution in [1.29, 1.82) is 0 Å². The summed E-state index contributed by atoms with van der Waals surface area (Å²) in [4.78, 5) is 0. The smallest absolute Gasteiger partial charge is 0.273 e. The van der Waals surface area contributed by atoms with Crippen LogP contribution in [-0.4, -0.2) is 15.0 Å². The van der Waals surface area contributed by atoms with Gasteiger partial charge >= 0.3 is 0 Å². The van der Waals surface area contributed by atoms with E-state index in [-0.39, 0.29) is 4.21 Å². The van der Waals surface area contributed by atoms with Gasteiger partial charge in [-0.25, -0.2) is 12.8 Å². The predicted molar refractivity (Wildman–Crippen MR) is 76.8 cm³/mol. The van der Waals surface area contributed by atoms with Gasteiger partial charge in [0.15, 0.2) is 0 Å². The van der Waals surface area contributed by atoms with Crippen molar-refractivity contribution in [2.75, 3.05) is 10.8 Å². The van der Waals surface area contributed by atoms with Crippen LogP contribution in [0, 0.1) is 5.82 Å². The molecule has 1 aliphatic rings. The van der Waals surface area contributed by atoms with Gasteiger partial charge in [0.2, 0.25) is 0 Å². The lowest BCUT2D eigenvalue weighted by Gasteiger charge is -2.18. The number of nitrogens with two attached hydrogens (primary N) is 1. The fourth-order valence-electron chi connectivity index (χ4n) is 2.28. The topological polar surface area (TPSA) is 63.4 Å². The number of benzene rings is 1. The van der Waals surface area contributed by atoms with Crippen LogP contribution in [0.4, 0.5) is 10.1 Å². The molecule has 2 N–H and O–H groups in total. The molecule has 3 rings (SSSR count). The van der Waals surface area contributed by atoms with Crippen LogP contribution in [0.15, 0.2) is 33.9 Å². The van der Waals surface area contributed by atoms with Crippen molar-refractivity contribution in [2.45, 2.75) is 17.2 Å². The van der Waals surface area contributed by atoms with Gasteiger partial charge in [0.1, 0.15) is 10.0 Å². The van der Waals surface area contributed by atoms with Crippen molar-refractivity contribution in [3.8, 4) is 0 Å². The molecule has 2 aromatic rings. The van der Waals surface area contributed by atoms with E-state index in [0.717, 1.165) is 22.5 Å². The second-order valence-electron chi connectivity index (χ2n) is 4.58. The molecule has 106 valence electrons. The standard InChI is InChI=1S/C13H13FN2O2S2/c14-11-2-1-10-3-4-16(12(10)6-11)20(17,18)13-5-9(7-15)8-19-13/h1-2,5-6,8H,3-4,7,15H2. The Morgan fingerprint density at radius 3 is 2.85 bits per heavy atom. The molecule has 0 bridgehead atoms. The zero-order valence-electron chi connectivity index (χ0n) is 10.5. The highest BCUT2D eigenvalue weighted by molar-refractivity contribution is 7.94. The molecule has 0 saturated carbocycles. The molecular formula is C13H13FN2O2S2. The summed E-state index contributed by atoms with van der Waals surface area (Å²) < 4.78 is 40.1. The number of hydrogen-bond acceptors (Lipinski definition) is 4. The second kappa shape index (κ2) is 4.83. The lowest BCUT2D eigenvalue weighted by atomic mass is 10.2. The van der Waals surface area contributed by atoms with E-state index in [0.29, 0.717) is 25.2 Å². The van der Waals surface area contributed by atoms with Gasteiger partial charge in [-0.3, -0.25) is 4.31 Å². The van der Waals surface area contributed by atoms with E-state index in [1.807, 2.05) is 0 Å². The molecule has 2 heterocycles. The lowest BCUT2D eigenvalue weighted by Crippen LogP contribution is -2.28. The average Bonchev–Trinajstić information content (AvgIpc) is 3.05. The molecule has 1 aromatic carbocycles. The van der Waals surface area contributed by atoms with E-state index < -0.39 is 15.8 Å². The summed E-state index contributed by atoms with van der Waals surface area (Å²) in [6.07, 6.45) is 0.601. The zero-order valence-corrected chi connectivity index (χ0v) is 12.2. The van der Waals surface area contributed by atoms with Gasteiger partial charge in [0, 0.05) is 13.1 Å². The molecule has 20 heavy (non-hydrogen) atoms. The Balaban J connectivity index is 2.04. The fraction of sp³-hybridized carbons (Fsp3) is 0.231. The van der Waals surface area contributed by atoms with E-state index >= 15 is 0 Å². The SMILES string of the molecule is NCc1csc(S(=O)(=O)N2CCc3ccc(F)cc32)c1. The molecule has 0 saturated heterocycles. The third kappa shape index (κ3) is 2.11. The first-order chi connectivity index (χ1) is 9.52. The summed E-state index contributed by atoms with van der Waals surface area (Å²) in [5, 5.41) is 1.73. The van der Waals surface area contributed by atoms with E-state index in [1.165, 1.54) is 16.4 Å². The van der Waals surface area contributed by atoms with Gasteiger partial charge in [-0.1, -0.05) is 6.07 Å². The van der Waals surface area contributed by atoms with E-state index in [2.05, 4.69) is 0 Å². The minimum absolute atomic E-state index is 0.245. The van der Waals surface area contributed by atoms with E-state index in [9.17, 15) is 12.8 Å². The maximum atomic E-state index is 13.3. The Bertz CT molecular complexity index is 755. The number of nitrogens with zero attached hydrogens (tertiary/aromatic N) is 1. The van der Waals surface area contributed by atoms with Crippen molar-refractivity contribution >= 4 is 27.0 Å². The zero-order chi connectivity index (χ0) is 14.3. The average molecular weight is 312 g/mol. The molecule has 0 amide bonds. The summed E-state index contributed by atoms with van der Waals surface area (Å²) in [6.45, 7) is 0.647. The molecule has 4 nitrogen and oxygen atoms in total. The Morgan fingerprint density at radius 1 is 1.35 bits per heavy atom. The van der Waals surface area contributed by atoms with Crippen molar-refractivity contribution in [2.24, 2.45) is 5.73 Å². The van der Waals surface area contributed by atoms with Gasteiger partial charge in [-0.05, 0) is 41.1 Å². The van der Waals surface area contributed by atoms with Gasteiger partial charge in [-0.15, -0.1) is 11.3 Å². The van der Waals surface area contributed by atoms with Gasteiger partial charge in [-0.2, -0.15) is 0 Å². The first-order valence-corrected chi connectivity index (χ1v) is 8.43. The number of fused-ring (bicyclic) bond motifs is 1. The lowest BCUT2D eigenvalue weighted by molar-refractivity contribution is 0.594. The van der Waals surface area contributed by atoms with Crippen molar-refractivity contribution < 1.29 is 12.8 Å². The first kappa shape index (κ1) is 13.5. The molecule has 0 atom stereocenters. The molecule has 0 aliphatic carbocycles. The Morgan fingerprint density at radius 2 is 2.15 bits per heavy atom.